The molecule has 3 nitrogen and oxygen atoms in total. The molecule has 0 saturated heterocycles. The highest BCUT2D eigenvalue weighted by molar-refractivity contribution is 7.91. The van der Waals surface area contributed by atoms with Crippen molar-refractivity contribution in [1.29, 1.82) is 0 Å². The van der Waals surface area contributed by atoms with Gasteiger partial charge >= 0.3 is 0 Å². The number of aromatic nitrogens is 1. The average Bonchev–Trinajstić information content (AvgIpc) is 2.57. The molecule has 0 radical (unpaired) electrons. The zero-order valence-electron chi connectivity index (χ0n) is 12.1. The molecule has 4 heteroatoms. The Kier molecular flexibility index (Phi) is 3.77. The summed E-state index contributed by atoms with van der Waals surface area (Å²) in [6.07, 6.45) is 1.49. The fourth-order valence-electron chi connectivity index (χ4n) is 2.32. The Balaban J connectivity index is 2.14. The van der Waals surface area contributed by atoms with E-state index in [-0.39, 0.29) is 9.92 Å². The van der Waals surface area contributed by atoms with Crippen LogP contribution in [0.4, 0.5) is 0 Å². The molecule has 3 rings (SSSR count). The van der Waals surface area contributed by atoms with Gasteiger partial charge in [-0.2, -0.15) is 0 Å². The summed E-state index contributed by atoms with van der Waals surface area (Å²) < 4.78 is 25.3. The lowest BCUT2D eigenvalue weighted by Crippen LogP contribution is -2.04. The summed E-state index contributed by atoms with van der Waals surface area (Å²) in [4.78, 5) is 4.22. The number of nitrogens with zero attached hydrogens (tertiary/aromatic N) is 1. The van der Waals surface area contributed by atoms with Crippen LogP contribution in [0.25, 0.3) is 11.1 Å². The first-order valence-electron chi connectivity index (χ1n) is 6.91. The smallest absolute Gasteiger partial charge is 0.223 e. The quantitative estimate of drug-likeness (QED) is 0.737. The van der Waals surface area contributed by atoms with Crippen LogP contribution >= 0.6 is 0 Å². The van der Waals surface area contributed by atoms with Crippen molar-refractivity contribution in [3.05, 3.63) is 78.5 Å². The molecule has 0 atom stereocenters. The Hall–Kier alpha value is -2.46. The topological polar surface area (TPSA) is 47.0 Å². The third-order valence-corrected chi connectivity index (χ3v) is 5.18. The first kappa shape index (κ1) is 14.5. The zero-order valence-corrected chi connectivity index (χ0v) is 12.9. The van der Waals surface area contributed by atoms with Crippen molar-refractivity contribution in [1.82, 2.24) is 4.98 Å². The van der Waals surface area contributed by atoms with E-state index in [4.69, 9.17) is 0 Å². The van der Waals surface area contributed by atoms with Crippen molar-refractivity contribution >= 4 is 9.84 Å². The number of benzene rings is 2. The molecule has 1 heterocycles. The van der Waals surface area contributed by atoms with Gasteiger partial charge < -0.3 is 0 Å². The third kappa shape index (κ3) is 2.65. The fourth-order valence-corrected chi connectivity index (χ4v) is 3.54. The largest absolute Gasteiger partial charge is 0.244 e. The van der Waals surface area contributed by atoms with E-state index in [1.54, 1.807) is 24.3 Å². The summed E-state index contributed by atoms with van der Waals surface area (Å²) in [5, 5.41) is 0.0675. The number of hydrogen-bond donors (Lipinski definition) is 0. The van der Waals surface area contributed by atoms with Crippen LogP contribution < -0.4 is 0 Å². The van der Waals surface area contributed by atoms with Crippen molar-refractivity contribution < 1.29 is 8.42 Å². The normalized spacial score (nSPS) is 11.3. The van der Waals surface area contributed by atoms with Gasteiger partial charge in [0.25, 0.3) is 0 Å². The number of aryl methyl sites for hydroxylation is 1. The summed E-state index contributed by atoms with van der Waals surface area (Å²) in [5.41, 5.74) is 2.95. The highest BCUT2D eigenvalue weighted by Gasteiger charge is 2.19. The Morgan fingerprint density at radius 1 is 0.864 bits per heavy atom. The van der Waals surface area contributed by atoms with E-state index in [1.807, 2.05) is 43.3 Å². The molecule has 0 spiro atoms. The number of pyridine rings is 1. The van der Waals surface area contributed by atoms with E-state index in [0.29, 0.717) is 0 Å². The summed E-state index contributed by atoms with van der Waals surface area (Å²) >= 11 is 0. The molecule has 0 unspecified atom stereocenters. The zero-order chi connectivity index (χ0) is 15.6. The van der Waals surface area contributed by atoms with Crippen LogP contribution in [0.3, 0.4) is 0 Å². The maximum Gasteiger partial charge on any atom is 0.223 e. The molecular formula is C18H15NO2S. The van der Waals surface area contributed by atoms with E-state index in [0.717, 1.165) is 16.7 Å². The van der Waals surface area contributed by atoms with Crippen molar-refractivity contribution in [2.45, 2.75) is 16.8 Å². The van der Waals surface area contributed by atoms with Gasteiger partial charge in [0.15, 0.2) is 5.03 Å². The molecule has 0 fully saturated rings. The molecule has 0 aliphatic rings. The lowest BCUT2D eigenvalue weighted by molar-refractivity contribution is 0.592. The highest BCUT2D eigenvalue weighted by atomic mass is 32.2. The van der Waals surface area contributed by atoms with Gasteiger partial charge in [-0.1, -0.05) is 42.5 Å². The number of hydrogen-bond acceptors (Lipinski definition) is 3. The minimum atomic E-state index is -3.60. The molecule has 22 heavy (non-hydrogen) atoms. The van der Waals surface area contributed by atoms with Crippen LogP contribution in [0, 0.1) is 6.92 Å². The van der Waals surface area contributed by atoms with Gasteiger partial charge in [-0.05, 0) is 47.9 Å². The monoisotopic (exact) mass is 309 g/mol. The van der Waals surface area contributed by atoms with Crippen LogP contribution in [0.1, 0.15) is 5.56 Å². The molecule has 2 aromatic carbocycles. The van der Waals surface area contributed by atoms with Gasteiger partial charge in [0.1, 0.15) is 0 Å². The van der Waals surface area contributed by atoms with E-state index in [2.05, 4.69) is 4.98 Å². The number of sulfone groups is 1. The first-order valence-corrected chi connectivity index (χ1v) is 8.39. The first-order chi connectivity index (χ1) is 10.6. The predicted octanol–water partition coefficient (Wildman–Crippen LogP) is 3.89. The summed E-state index contributed by atoms with van der Waals surface area (Å²) in [7, 11) is -3.60. The van der Waals surface area contributed by atoms with E-state index < -0.39 is 9.84 Å². The lowest BCUT2D eigenvalue weighted by Gasteiger charge is -2.10. The van der Waals surface area contributed by atoms with Crippen molar-refractivity contribution in [2.24, 2.45) is 0 Å². The molecule has 110 valence electrons. The van der Waals surface area contributed by atoms with Crippen LogP contribution in [0.5, 0.6) is 0 Å². The Bertz CT molecular complexity index is 889. The molecule has 0 N–H and O–H groups in total. The van der Waals surface area contributed by atoms with Crippen LogP contribution in [-0.4, -0.2) is 13.4 Å². The molecule has 0 bridgehead atoms. The lowest BCUT2D eigenvalue weighted by atomic mass is 10.0. The molecule has 3 aromatic rings. The highest BCUT2D eigenvalue weighted by Crippen LogP contribution is 2.28. The number of rotatable bonds is 3. The molecule has 1 aromatic heterocycles. The average molecular weight is 309 g/mol. The predicted molar refractivity (Wildman–Crippen MR) is 86.3 cm³/mol. The summed E-state index contributed by atoms with van der Waals surface area (Å²) in [6, 6.07) is 19.8. The summed E-state index contributed by atoms with van der Waals surface area (Å²) in [5.74, 6) is 0. The van der Waals surface area contributed by atoms with E-state index in [9.17, 15) is 8.42 Å². The maximum absolute atomic E-state index is 12.7. The minimum absolute atomic E-state index is 0.0675. The minimum Gasteiger partial charge on any atom is -0.244 e. The SMILES string of the molecule is Cc1ccc(S(=O)(=O)c2ccccn2)cc1-c1ccccc1. The van der Waals surface area contributed by atoms with Gasteiger partial charge in [0.2, 0.25) is 9.84 Å². The molecule has 0 aliphatic carbocycles. The third-order valence-electron chi connectivity index (χ3n) is 3.52. The Morgan fingerprint density at radius 2 is 1.59 bits per heavy atom. The van der Waals surface area contributed by atoms with Crippen molar-refractivity contribution in [3.63, 3.8) is 0 Å². The molecular weight excluding hydrogens is 294 g/mol. The van der Waals surface area contributed by atoms with Crippen molar-refractivity contribution in [3.8, 4) is 11.1 Å². The van der Waals surface area contributed by atoms with E-state index in [1.165, 1.54) is 12.3 Å². The molecule has 0 saturated carbocycles. The fraction of sp³-hybridized carbons (Fsp3) is 0.0556. The second-order valence-corrected chi connectivity index (χ2v) is 6.91. The van der Waals surface area contributed by atoms with E-state index >= 15 is 0 Å². The summed E-state index contributed by atoms with van der Waals surface area (Å²) in [6.45, 7) is 1.97. The maximum atomic E-state index is 12.7. The Morgan fingerprint density at radius 3 is 2.27 bits per heavy atom. The van der Waals surface area contributed by atoms with Gasteiger partial charge in [-0.25, -0.2) is 13.4 Å². The van der Waals surface area contributed by atoms with Crippen molar-refractivity contribution in [2.75, 3.05) is 0 Å². The standard InChI is InChI=1S/C18H15NO2S/c1-14-10-11-16(13-17(14)15-7-3-2-4-8-15)22(20,21)18-9-5-6-12-19-18/h2-13H,1H3. The van der Waals surface area contributed by atoms with Crippen LogP contribution in [0.15, 0.2) is 82.8 Å². The van der Waals surface area contributed by atoms with Gasteiger partial charge in [-0.3, -0.25) is 0 Å². The van der Waals surface area contributed by atoms with Crippen LogP contribution in [0.2, 0.25) is 0 Å². The second kappa shape index (κ2) is 5.73. The van der Waals surface area contributed by atoms with Crippen LogP contribution in [-0.2, 0) is 9.84 Å². The van der Waals surface area contributed by atoms with Gasteiger partial charge in [0.05, 0.1) is 4.90 Å². The van der Waals surface area contributed by atoms with Gasteiger partial charge in [-0.15, -0.1) is 0 Å². The molecule has 0 amide bonds. The second-order valence-electron chi connectivity index (χ2n) is 5.01. The Labute approximate surface area is 130 Å². The molecule has 0 aliphatic heterocycles. The van der Waals surface area contributed by atoms with Gasteiger partial charge in [0, 0.05) is 6.20 Å².